The van der Waals surface area contributed by atoms with E-state index in [0.29, 0.717) is 0 Å². The van der Waals surface area contributed by atoms with Crippen LogP contribution in [0.5, 0.6) is 0 Å². The zero-order valence-corrected chi connectivity index (χ0v) is 6.89. The van der Waals surface area contributed by atoms with Crippen LogP contribution in [-0.2, 0) is 9.53 Å². The monoisotopic (exact) mass is 198 g/mol. The molecule has 1 atom stereocenters. The molecule has 13 heavy (non-hydrogen) atoms. The number of carbonyl (C=O) groups is 1. The van der Waals surface area contributed by atoms with Crippen LogP contribution in [0.2, 0.25) is 0 Å². The summed E-state index contributed by atoms with van der Waals surface area (Å²) >= 11 is 0. The topological polar surface area (TPSA) is 46.5 Å². The molecule has 0 radical (unpaired) electrons. The van der Waals surface area contributed by atoms with E-state index in [0.717, 1.165) is 13.2 Å². The normalized spacial score (nSPS) is 16.1. The summed E-state index contributed by atoms with van der Waals surface area (Å²) in [7, 11) is 0.766. The highest BCUT2D eigenvalue weighted by atomic mass is 19.4. The molecule has 0 unspecified atom stereocenters. The first kappa shape index (κ1) is 12.0. The van der Waals surface area contributed by atoms with Gasteiger partial charge in [-0.1, -0.05) is 6.08 Å². The molecule has 0 heterocycles. The van der Waals surface area contributed by atoms with Crippen molar-refractivity contribution >= 4 is 5.97 Å². The Bertz CT molecular complexity index is 212. The first-order valence-electron chi connectivity index (χ1n) is 3.28. The second-order valence-electron chi connectivity index (χ2n) is 2.34. The largest absolute Gasteiger partial charge is 0.467 e. The summed E-state index contributed by atoms with van der Waals surface area (Å²) in [5.74, 6) is -1.74. The van der Waals surface area contributed by atoms with Crippen molar-refractivity contribution in [1.82, 2.24) is 0 Å². The molecule has 76 valence electrons. The van der Waals surface area contributed by atoms with Gasteiger partial charge in [0.05, 0.1) is 7.11 Å². The number of hydrogen-bond donors (Lipinski definition) is 1. The van der Waals surface area contributed by atoms with Crippen molar-refractivity contribution in [3.8, 4) is 0 Å². The molecule has 0 amide bonds. The van der Waals surface area contributed by atoms with Crippen LogP contribution in [0.4, 0.5) is 13.2 Å². The van der Waals surface area contributed by atoms with Crippen LogP contribution in [0.3, 0.4) is 0 Å². The van der Waals surface area contributed by atoms with Crippen molar-refractivity contribution in [1.29, 1.82) is 0 Å². The van der Waals surface area contributed by atoms with E-state index >= 15 is 0 Å². The highest BCUT2D eigenvalue weighted by Crippen LogP contribution is 2.34. The Morgan fingerprint density at radius 2 is 2.08 bits per heavy atom. The summed E-state index contributed by atoms with van der Waals surface area (Å²) in [6.07, 6.45) is -5.19. The predicted molar refractivity (Wildman–Crippen MR) is 37.8 cm³/mol. The van der Waals surface area contributed by atoms with Gasteiger partial charge >= 0.3 is 12.1 Å². The molecule has 0 aromatic carbocycles. The molecule has 0 aliphatic rings. The van der Waals surface area contributed by atoms with Crippen LogP contribution >= 0.6 is 0 Å². The fraction of sp³-hybridized carbons (Fsp3) is 0.571. The van der Waals surface area contributed by atoms with Crippen LogP contribution in [0.15, 0.2) is 12.7 Å². The first-order chi connectivity index (χ1) is 5.79. The van der Waals surface area contributed by atoms with Gasteiger partial charge in [0.15, 0.2) is 0 Å². The van der Waals surface area contributed by atoms with E-state index in [1.54, 1.807) is 0 Å². The summed E-state index contributed by atoms with van der Waals surface area (Å²) in [6.45, 7) is 3.01. The lowest BCUT2D eigenvalue weighted by Gasteiger charge is -2.26. The lowest BCUT2D eigenvalue weighted by molar-refractivity contribution is -0.260. The Labute approximate surface area is 72.8 Å². The van der Waals surface area contributed by atoms with Gasteiger partial charge in [-0.05, 0) is 0 Å². The number of rotatable bonds is 3. The predicted octanol–water partition coefficient (Wildman–Crippen LogP) is 1.03. The van der Waals surface area contributed by atoms with Crippen LogP contribution in [0, 0.1) is 0 Å². The van der Waals surface area contributed by atoms with Crippen LogP contribution in [0.25, 0.3) is 0 Å². The Morgan fingerprint density at radius 3 is 2.31 bits per heavy atom. The lowest BCUT2D eigenvalue weighted by Crippen LogP contribution is -2.52. The Kier molecular flexibility index (Phi) is 3.48. The number of alkyl halides is 3. The molecule has 0 spiro atoms. The molecule has 0 aliphatic heterocycles. The molecule has 1 N–H and O–H groups in total. The molecular formula is C7H9F3O3. The molecule has 3 nitrogen and oxygen atoms in total. The number of carbonyl (C=O) groups excluding carboxylic acids is 1. The third-order valence-corrected chi connectivity index (χ3v) is 1.43. The zero-order valence-electron chi connectivity index (χ0n) is 6.89. The van der Waals surface area contributed by atoms with Gasteiger partial charge in [0.1, 0.15) is 0 Å². The number of esters is 1. The van der Waals surface area contributed by atoms with Gasteiger partial charge in [-0.3, -0.25) is 0 Å². The van der Waals surface area contributed by atoms with Crippen molar-refractivity contribution in [3.63, 3.8) is 0 Å². The molecular weight excluding hydrogens is 189 g/mol. The van der Waals surface area contributed by atoms with Gasteiger partial charge in [0, 0.05) is 6.42 Å². The number of methoxy groups -OCH3 is 1. The molecule has 0 bridgehead atoms. The van der Waals surface area contributed by atoms with Crippen LogP contribution in [-0.4, -0.2) is 30.0 Å². The molecule has 0 aliphatic carbocycles. The minimum atomic E-state index is -5.06. The minimum absolute atomic E-state index is 0.766. The smallest absolute Gasteiger partial charge is 0.428 e. The van der Waals surface area contributed by atoms with E-state index in [4.69, 9.17) is 5.11 Å². The fourth-order valence-corrected chi connectivity index (χ4v) is 0.693. The maximum Gasteiger partial charge on any atom is 0.428 e. The third kappa shape index (κ3) is 2.21. The fourth-order valence-electron chi connectivity index (χ4n) is 0.693. The number of halogens is 3. The summed E-state index contributed by atoms with van der Waals surface area (Å²) in [5, 5.41) is 8.95. The molecule has 0 aromatic heterocycles. The van der Waals surface area contributed by atoms with Gasteiger partial charge in [-0.15, -0.1) is 6.58 Å². The average Bonchev–Trinajstić information content (AvgIpc) is 2.01. The van der Waals surface area contributed by atoms with Crippen LogP contribution in [0.1, 0.15) is 6.42 Å². The quantitative estimate of drug-likeness (QED) is 0.544. The lowest BCUT2D eigenvalue weighted by atomic mass is 9.99. The highest BCUT2D eigenvalue weighted by molar-refractivity contribution is 5.80. The summed E-state index contributed by atoms with van der Waals surface area (Å²) < 4.78 is 40.2. The zero-order chi connectivity index (χ0) is 10.7. The Morgan fingerprint density at radius 1 is 1.62 bits per heavy atom. The number of aliphatic hydroxyl groups is 1. The standard InChI is InChI=1S/C7H9F3O3/c1-3-4-6(12,5(11)13-2)7(8,9)10/h3,12H,1,4H2,2H3/t6-/m0/s1. The van der Waals surface area contributed by atoms with E-state index in [9.17, 15) is 18.0 Å². The van der Waals surface area contributed by atoms with Crippen molar-refractivity contribution in [2.75, 3.05) is 7.11 Å². The van der Waals surface area contributed by atoms with Crippen molar-refractivity contribution in [2.24, 2.45) is 0 Å². The van der Waals surface area contributed by atoms with Gasteiger partial charge in [-0.2, -0.15) is 13.2 Å². The average molecular weight is 198 g/mol. The molecule has 6 heteroatoms. The first-order valence-corrected chi connectivity index (χ1v) is 3.28. The van der Waals surface area contributed by atoms with Crippen molar-refractivity contribution in [2.45, 2.75) is 18.2 Å². The second-order valence-corrected chi connectivity index (χ2v) is 2.34. The van der Waals surface area contributed by atoms with E-state index in [-0.39, 0.29) is 0 Å². The van der Waals surface area contributed by atoms with Crippen LogP contribution < -0.4 is 0 Å². The van der Waals surface area contributed by atoms with Gasteiger partial charge < -0.3 is 9.84 Å². The maximum absolute atomic E-state index is 12.1. The van der Waals surface area contributed by atoms with Gasteiger partial charge in [0.25, 0.3) is 5.60 Å². The molecule has 0 aromatic rings. The van der Waals surface area contributed by atoms with E-state index in [1.165, 1.54) is 0 Å². The highest BCUT2D eigenvalue weighted by Gasteiger charge is 2.59. The molecule has 0 saturated carbocycles. The second kappa shape index (κ2) is 3.78. The molecule has 0 saturated heterocycles. The minimum Gasteiger partial charge on any atom is -0.467 e. The maximum atomic E-state index is 12.1. The Hall–Kier alpha value is -1.04. The van der Waals surface area contributed by atoms with Gasteiger partial charge in [-0.25, -0.2) is 4.79 Å². The summed E-state index contributed by atoms with van der Waals surface area (Å²) in [5.41, 5.74) is -3.48. The van der Waals surface area contributed by atoms with E-state index in [2.05, 4.69) is 11.3 Å². The number of hydrogen-bond acceptors (Lipinski definition) is 3. The number of ether oxygens (including phenoxy) is 1. The summed E-state index contributed by atoms with van der Waals surface area (Å²) in [4.78, 5) is 10.6. The van der Waals surface area contributed by atoms with E-state index < -0.39 is 24.2 Å². The molecule has 0 fully saturated rings. The van der Waals surface area contributed by atoms with Crippen molar-refractivity contribution in [3.05, 3.63) is 12.7 Å². The Balaban J connectivity index is 4.94. The molecule has 0 rings (SSSR count). The third-order valence-electron chi connectivity index (χ3n) is 1.43. The SMILES string of the molecule is C=CC[C@](O)(C(=O)OC)C(F)(F)F. The van der Waals surface area contributed by atoms with Crippen molar-refractivity contribution < 1.29 is 27.8 Å². The van der Waals surface area contributed by atoms with Gasteiger partial charge in [0.2, 0.25) is 0 Å². The summed E-state index contributed by atoms with van der Waals surface area (Å²) in [6, 6.07) is 0. The van der Waals surface area contributed by atoms with E-state index in [1.807, 2.05) is 0 Å².